The molecule has 0 spiro atoms. The van der Waals surface area contributed by atoms with Crippen LogP contribution in [0.2, 0.25) is 0 Å². The van der Waals surface area contributed by atoms with Crippen molar-refractivity contribution < 1.29 is 0 Å². The minimum absolute atomic E-state index is 0.0884. The van der Waals surface area contributed by atoms with Crippen molar-refractivity contribution in [1.82, 2.24) is 0 Å². The van der Waals surface area contributed by atoms with Gasteiger partial charge in [-0.05, 0) is 124 Å². The molecule has 18 radical (unpaired) electrons. The standard InChI is InChI=1S/C56H28B9N/c57-47-43-44-46(49(59)48(58)45(43)50(60)54(64)53(47)63)51(61)55(65)56(52(44)62)66(35-23-21-31(22-24-35)38-20-10-15-30-13-4-6-16-37(30)38)36-26-33(29-11-2-1-3-12-29)25-34(27-36)42-28-32-14-5-7-17-39(32)40-18-8-9-19-41(40)42/h1-28H. The topological polar surface area (TPSA) is 3.24 Å². The number of fused-ring (bicyclic) bond motifs is 7. The van der Waals surface area contributed by atoms with E-state index in [1.165, 1.54) is 5.39 Å². The summed E-state index contributed by atoms with van der Waals surface area (Å²) in [5.74, 6) is 0. The van der Waals surface area contributed by atoms with E-state index in [1.54, 1.807) is 0 Å². The van der Waals surface area contributed by atoms with Crippen LogP contribution in [0.15, 0.2) is 170 Å². The maximum absolute atomic E-state index is 7.53. The quantitative estimate of drug-likeness (QED) is 0.168. The lowest BCUT2D eigenvalue weighted by atomic mass is 9.59. The Labute approximate surface area is 396 Å². The highest BCUT2D eigenvalue weighted by atomic mass is 15.1. The van der Waals surface area contributed by atoms with Crippen molar-refractivity contribution in [3.8, 4) is 33.4 Å². The first-order valence-corrected chi connectivity index (χ1v) is 21.5. The van der Waals surface area contributed by atoms with Crippen molar-refractivity contribution in [3.05, 3.63) is 170 Å². The van der Waals surface area contributed by atoms with Crippen molar-refractivity contribution >= 4 is 191 Å². The second-order valence-corrected chi connectivity index (χ2v) is 16.8. The summed E-state index contributed by atoms with van der Waals surface area (Å²) in [6.45, 7) is 0. The molecular weight excluding hydrogens is 784 g/mol. The van der Waals surface area contributed by atoms with Gasteiger partial charge in [-0.3, -0.25) is 0 Å². The summed E-state index contributed by atoms with van der Waals surface area (Å²) in [7, 11) is 62.0. The summed E-state index contributed by atoms with van der Waals surface area (Å²) in [6.07, 6.45) is 0. The molecule has 0 N–H and O–H groups in total. The first kappa shape index (κ1) is 41.8. The Hall–Kier alpha value is -6.90. The molecule has 0 amide bonds. The predicted molar refractivity (Wildman–Crippen MR) is 293 cm³/mol. The zero-order chi connectivity index (χ0) is 45.5. The highest BCUT2D eigenvalue weighted by molar-refractivity contribution is 6.74. The molecule has 0 aliphatic heterocycles. The molecule has 11 aromatic carbocycles. The van der Waals surface area contributed by atoms with Crippen LogP contribution in [0.25, 0.3) is 87.2 Å². The van der Waals surface area contributed by atoms with Crippen LogP contribution in [-0.4, -0.2) is 70.6 Å². The molecule has 0 aliphatic carbocycles. The summed E-state index contributed by atoms with van der Waals surface area (Å²) >= 11 is 0. The molecule has 0 fully saturated rings. The Morgan fingerprint density at radius 3 is 1.47 bits per heavy atom. The molecule has 0 saturated carbocycles. The molecule has 66 heavy (non-hydrogen) atoms. The molecule has 0 saturated heterocycles. The largest absolute Gasteiger partial charge is 0.312 e. The van der Waals surface area contributed by atoms with Crippen molar-refractivity contribution in [1.29, 1.82) is 0 Å². The van der Waals surface area contributed by atoms with E-state index in [2.05, 4.69) is 146 Å². The summed E-state index contributed by atoms with van der Waals surface area (Å²) in [6, 6.07) is 59.1. The lowest BCUT2D eigenvalue weighted by molar-refractivity contribution is 1.31. The second-order valence-electron chi connectivity index (χ2n) is 16.8. The van der Waals surface area contributed by atoms with E-state index in [-0.39, 0.29) is 49.2 Å². The molecule has 0 heterocycles. The molecule has 11 rings (SSSR count). The number of rotatable bonds is 6. The van der Waals surface area contributed by atoms with Crippen LogP contribution in [0.3, 0.4) is 0 Å². The van der Waals surface area contributed by atoms with E-state index in [4.69, 9.17) is 70.6 Å². The Kier molecular flexibility index (Phi) is 10.3. The van der Waals surface area contributed by atoms with Gasteiger partial charge in [0.2, 0.25) is 0 Å². The van der Waals surface area contributed by atoms with Gasteiger partial charge in [-0.1, -0.05) is 172 Å². The van der Waals surface area contributed by atoms with Gasteiger partial charge < -0.3 is 4.90 Å². The van der Waals surface area contributed by atoms with E-state index in [1.807, 2.05) is 29.2 Å². The summed E-state index contributed by atoms with van der Waals surface area (Å²) in [5.41, 5.74) is 9.32. The lowest BCUT2D eigenvalue weighted by Gasteiger charge is -2.34. The molecule has 10 heteroatoms. The molecule has 0 atom stereocenters. The van der Waals surface area contributed by atoms with E-state index in [0.29, 0.717) is 27.2 Å². The minimum Gasteiger partial charge on any atom is -0.312 e. The first-order chi connectivity index (χ1) is 32.0. The van der Waals surface area contributed by atoms with Gasteiger partial charge >= 0.3 is 0 Å². The number of benzene rings is 11. The molecule has 0 unspecified atom stereocenters. The van der Waals surface area contributed by atoms with Gasteiger partial charge in [0.25, 0.3) is 0 Å². The normalized spacial score (nSPS) is 11.6. The number of anilines is 3. The Balaban J connectivity index is 1.25. The minimum atomic E-state index is 0.0884. The summed E-state index contributed by atoms with van der Waals surface area (Å²) in [5, 5.41) is 8.27. The van der Waals surface area contributed by atoms with Crippen LogP contribution in [-0.2, 0) is 0 Å². The van der Waals surface area contributed by atoms with Gasteiger partial charge in [0.15, 0.2) is 0 Å². The van der Waals surface area contributed by atoms with Gasteiger partial charge in [0.05, 0.1) is 0 Å². The summed E-state index contributed by atoms with van der Waals surface area (Å²) < 4.78 is 0. The van der Waals surface area contributed by atoms with Gasteiger partial charge in [-0.15, -0.1) is 10.9 Å². The van der Waals surface area contributed by atoms with E-state index in [9.17, 15) is 0 Å². The van der Waals surface area contributed by atoms with Crippen LogP contribution >= 0.6 is 0 Å². The number of hydrogen-bond acceptors (Lipinski definition) is 1. The van der Waals surface area contributed by atoms with Crippen LogP contribution in [0.4, 0.5) is 17.1 Å². The van der Waals surface area contributed by atoms with E-state index in [0.717, 1.165) is 71.7 Å². The maximum Gasteiger partial charge on any atom is 0.117 e. The molecule has 11 aromatic rings. The first-order valence-electron chi connectivity index (χ1n) is 21.5. The van der Waals surface area contributed by atoms with Gasteiger partial charge in [0, 0.05) is 17.1 Å². The van der Waals surface area contributed by atoms with Crippen LogP contribution in [0.1, 0.15) is 0 Å². The zero-order valence-corrected chi connectivity index (χ0v) is 35.8. The third-order valence-corrected chi connectivity index (χ3v) is 13.1. The van der Waals surface area contributed by atoms with Crippen molar-refractivity contribution in [2.45, 2.75) is 0 Å². The Bertz CT molecular complexity index is 3810. The van der Waals surface area contributed by atoms with Gasteiger partial charge in [-0.2, -0.15) is 0 Å². The van der Waals surface area contributed by atoms with Crippen LogP contribution < -0.4 is 54.1 Å². The highest BCUT2D eigenvalue weighted by Crippen LogP contribution is 2.43. The van der Waals surface area contributed by atoms with E-state index < -0.39 is 0 Å². The highest BCUT2D eigenvalue weighted by Gasteiger charge is 2.26. The van der Waals surface area contributed by atoms with Crippen LogP contribution in [0, 0.1) is 0 Å². The zero-order valence-electron chi connectivity index (χ0n) is 35.8. The monoisotopic (exact) mass is 813 g/mol. The smallest absolute Gasteiger partial charge is 0.117 e. The Morgan fingerprint density at radius 1 is 0.258 bits per heavy atom. The third-order valence-electron chi connectivity index (χ3n) is 13.1. The third kappa shape index (κ3) is 6.51. The van der Waals surface area contributed by atoms with Crippen molar-refractivity contribution in [2.75, 3.05) is 4.90 Å². The van der Waals surface area contributed by atoms with E-state index >= 15 is 0 Å². The lowest BCUT2D eigenvalue weighted by Crippen LogP contribution is -2.51. The molecule has 0 bridgehead atoms. The molecule has 0 aromatic heterocycles. The number of nitrogens with zero attached hydrogens (tertiary/aromatic N) is 1. The second kappa shape index (κ2) is 16.2. The van der Waals surface area contributed by atoms with Gasteiger partial charge in [-0.25, -0.2) is 0 Å². The average molecular weight is 812 g/mol. The Morgan fingerprint density at radius 2 is 0.773 bits per heavy atom. The van der Waals surface area contributed by atoms with Crippen molar-refractivity contribution in [2.24, 2.45) is 0 Å². The maximum atomic E-state index is 7.53. The fraction of sp³-hybridized carbons (Fsp3) is 0. The molecule has 1 nitrogen and oxygen atoms in total. The fourth-order valence-electron chi connectivity index (χ4n) is 9.87. The predicted octanol–water partition coefficient (Wildman–Crippen LogP) is 5.07. The molecule has 284 valence electrons. The van der Waals surface area contributed by atoms with Crippen molar-refractivity contribution in [3.63, 3.8) is 0 Å². The molecular formula is C56H28B9N. The molecule has 0 aliphatic rings. The van der Waals surface area contributed by atoms with Crippen LogP contribution in [0.5, 0.6) is 0 Å². The average Bonchev–Trinajstić information content (AvgIpc) is 3.36. The fourth-order valence-corrected chi connectivity index (χ4v) is 9.87. The SMILES string of the molecule is [B]c1c([B])c([B])c2c(c1[B])c([B])c([B])c1c([B])c([B])c(N(c3ccc(-c4cccc5ccccc45)cc3)c3cc(-c4ccccc4)cc(-c4cc5ccccc5c5ccccc45)c3)c([B])c12. The number of hydrogen-bond donors (Lipinski definition) is 0. The van der Waals surface area contributed by atoms with Gasteiger partial charge in [0.1, 0.15) is 70.6 Å². The summed E-state index contributed by atoms with van der Waals surface area (Å²) in [4.78, 5) is 2.05.